The van der Waals surface area contributed by atoms with Crippen LogP contribution >= 0.6 is 0 Å². The monoisotopic (exact) mass is 260 g/mol. The molecule has 0 nitrogen and oxygen atoms in total. The Morgan fingerprint density at radius 1 is 0.650 bits per heavy atom. The molecule has 100 valence electrons. The molecule has 0 bridgehead atoms. The topological polar surface area (TPSA) is 0 Å². The molecule has 3 aromatic carbocycles. The van der Waals surface area contributed by atoms with Crippen LogP contribution in [0.15, 0.2) is 48.5 Å². The predicted molar refractivity (Wildman–Crippen MR) is 88.3 cm³/mol. The van der Waals surface area contributed by atoms with Crippen LogP contribution in [0, 0.1) is 27.7 Å². The molecular formula is C20H20. The highest BCUT2D eigenvalue weighted by Crippen LogP contribution is 2.35. The first-order valence-electron chi connectivity index (χ1n) is 7.15. The van der Waals surface area contributed by atoms with Crippen molar-refractivity contribution < 1.29 is 0 Å². The number of aryl methyl sites for hydroxylation is 2. The van der Waals surface area contributed by atoms with Gasteiger partial charge in [0.15, 0.2) is 0 Å². The van der Waals surface area contributed by atoms with E-state index in [1.165, 1.54) is 44.2 Å². The van der Waals surface area contributed by atoms with Crippen LogP contribution in [-0.4, -0.2) is 0 Å². The fourth-order valence-electron chi connectivity index (χ4n) is 3.06. The van der Waals surface area contributed by atoms with Crippen LogP contribution in [0.25, 0.3) is 21.9 Å². The van der Waals surface area contributed by atoms with Crippen molar-refractivity contribution in [1.29, 1.82) is 0 Å². The largest absolute Gasteiger partial charge is 0.0616 e. The molecule has 0 atom stereocenters. The summed E-state index contributed by atoms with van der Waals surface area (Å²) in [6, 6.07) is 17.5. The van der Waals surface area contributed by atoms with Crippen LogP contribution in [0.3, 0.4) is 0 Å². The molecule has 0 unspecified atom stereocenters. The van der Waals surface area contributed by atoms with Crippen molar-refractivity contribution >= 4 is 10.8 Å². The van der Waals surface area contributed by atoms with Crippen molar-refractivity contribution in [3.8, 4) is 11.1 Å². The summed E-state index contributed by atoms with van der Waals surface area (Å²) in [6.07, 6.45) is 0. The van der Waals surface area contributed by atoms with Crippen LogP contribution in [0.1, 0.15) is 22.3 Å². The van der Waals surface area contributed by atoms with Crippen LogP contribution in [0.2, 0.25) is 0 Å². The summed E-state index contributed by atoms with van der Waals surface area (Å²) in [5, 5.41) is 2.65. The Bertz CT molecular complexity index is 763. The zero-order chi connectivity index (χ0) is 14.3. The van der Waals surface area contributed by atoms with Crippen molar-refractivity contribution in [2.45, 2.75) is 27.7 Å². The predicted octanol–water partition coefficient (Wildman–Crippen LogP) is 5.74. The number of hydrogen-bond acceptors (Lipinski definition) is 0. The van der Waals surface area contributed by atoms with Gasteiger partial charge < -0.3 is 0 Å². The quantitative estimate of drug-likeness (QED) is 0.523. The molecule has 0 heterocycles. The average molecular weight is 260 g/mol. The third kappa shape index (κ3) is 1.92. The molecule has 0 fully saturated rings. The molecule has 0 saturated heterocycles. The molecule has 0 radical (unpaired) electrons. The highest BCUT2D eigenvalue weighted by atomic mass is 14.2. The molecule has 0 heteroatoms. The molecule has 0 amide bonds. The number of benzene rings is 3. The Kier molecular flexibility index (Phi) is 3.10. The Morgan fingerprint density at radius 3 is 1.95 bits per heavy atom. The van der Waals surface area contributed by atoms with Crippen molar-refractivity contribution in [3.63, 3.8) is 0 Å². The summed E-state index contributed by atoms with van der Waals surface area (Å²) < 4.78 is 0. The lowest BCUT2D eigenvalue weighted by molar-refractivity contribution is 1.25. The van der Waals surface area contributed by atoms with Crippen molar-refractivity contribution in [1.82, 2.24) is 0 Å². The van der Waals surface area contributed by atoms with Crippen LogP contribution in [0.5, 0.6) is 0 Å². The van der Waals surface area contributed by atoms with E-state index in [0.29, 0.717) is 0 Å². The molecule has 0 saturated carbocycles. The van der Waals surface area contributed by atoms with E-state index in [1.54, 1.807) is 0 Å². The van der Waals surface area contributed by atoms with E-state index in [2.05, 4.69) is 76.2 Å². The van der Waals surface area contributed by atoms with Gasteiger partial charge in [0.25, 0.3) is 0 Å². The van der Waals surface area contributed by atoms with Gasteiger partial charge >= 0.3 is 0 Å². The van der Waals surface area contributed by atoms with E-state index < -0.39 is 0 Å². The van der Waals surface area contributed by atoms with Gasteiger partial charge in [-0.25, -0.2) is 0 Å². The molecular weight excluding hydrogens is 240 g/mol. The molecule has 3 aromatic rings. The van der Waals surface area contributed by atoms with Crippen LogP contribution in [-0.2, 0) is 0 Å². The Balaban J connectivity index is 2.43. The molecule has 20 heavy (non-hydrogen) atoms. The van der Waals surface area contributed by atoms with E-state index in [9.17, 15) is 0 Å². The molecule has 0 aromatic heterocycles. The normalized spacial score (nSPS) is 11.0. The second-order valence-electron chi connectivity index (χ2n) is 5.66. The first-order valence-corrected chi connectivity index (χ1v) is 7.15. The number of hydrogen-bond donors (Lipinski definition) is 0. The van der Waals surface area contributed by atoms with Crippen molar-refractivity contribution in [2.75, 3.05) is 0 Å². The van der Waals surface area contributed by atoms with Gasteiger partial charge in [0.05, 0.1) is 0 Å². The van der Waals surface area contributed by atoms with Gasteiger partial charge in [-0.1, -0.05) is 48.5 Å². The van der Waals surface area contributed by atoms with E-state index in [0.717, 1.165) is 0 Å². The zero-order valence-electron chi connectivity index (χ0n) is 12.6. The molecule has 0 aliphatic rings. The van der Waals surface area contributed by atoms with E-state index in [4.69, 9.17) is 0 Å². The Labute approximate surface area is 121 Å². The van der Waals surface area contributed by atoms with Gasteiger partial charge in [-0.15, -0.1) is 0 Å². The third-order valence-corrected chi connectivity index (χ3v) is 4.42. The standard InChI is InChI=1S/C20H20/c1-13-12-14(2)16(4)20(15(13)3)19-11-7-9-17-8-5-6-10-18(17)19/h5-12H,1-4H3. The minimum atomic E-state index is 1.31. The fraction of sp³-hybridized carbons (Fsp3) is 0.200. The maximum absolute atomic E-state index is 2.29. The number of rotatable bonds is 1. The van der Waals surface area contributed by atoms with E-state index in [-0.39, 0.29) is 0 Å². The van der Waals surface area contributed by atoms with Gasteiger partial charge in [0.1, 0.15) is 0 Å². The van der Waals surface area contributed by atoms with Gasteiger partial charge in [-0.2, -0.15) is 0 Å². The lowest BCUT2D eigenvalue weighted by Crippen LogP contribution is -1.95. The minimum absolute atomic E-state index is 1.31. The average Bonchev–Trinajstić information content (AvgIpc) is 2.46. The molecule has 3 rings (SSSR count). The first-order chi connectivity index (χ1) is 9.59. The highest BCUT2D eigenvalue weighted by Gasteiger charge is 2.12. The number of fused-ring (bicyclic) bond motifs is 1. The maximum atomic E-state index is 2.29. The molecule has 0 spiro atoms. The summed E-state index contributed by atoms with van der Waals surface area (Å²) in [5.74, 6) is 0. The second-order valence-corrected chi connectivity index (χ2v) is 5.66. The SMILES string of the molecule is Cc1cc(C)c(C)c(-c2cccc3ccccc23)c1C. The summed E-state index contributed by atoms with van der Waals surface area (Å²) >= 11 is 0. The maximum Gasteiger partial charge on any atom is -0.00999 e. The lowest BCUT2D eigenvalue weighted by Gasteiger charge is -2.17. The van der Waals surface area contributed by atoms with E-state index >= 15 is 0 Å². The van der Waals surface area contributed by atoms with Crippen LogP contribution in [0.4, 0.5) is 0 Å². The molecule has 0 N–H and O–H groups in total. The summed E-state index contributed by atoms with van der Waals surface area (Å²) in [6.45, 7) is 8.88. The van der Waals surface area contributed by atoms with Crippen LogP contribution < -0.4 is 0 Å². The summed E-state index contributed by atoms with van der Waals surface area (Å²) in [7, 11) is 0. The Morgan fingerprint density at radius 2 is 1.25 bits per heavy atom. The van der Waals surface area contributed by atoms with Crippen molar-refractivity contribution in [2.24, 2.45) is 0 Å². The van der Waals surface area contributed by atoms with Gasteiger partial charge in [-0.3, -0.25) is 0 Å². The molecule has 0 aliphatic carbocycles. The molecule has 0 aliphatic heterocycles. The zero-order valence-corrected chi connectivity index (χ0v) is 12.6. The fourth-order valence-corrected chi connectivity index (χ4v) is 3.06. The highest BCUT2D eigenvalue weighted by molar-refractivity contribution is 5.98. The summed E-state index contributed by atoms with van der Waals surface area (Å²) in [4.78, 5) is 0. The smallest absolute Gasteiger partial charge is 0.00999 e. The van der Waals surface area contributed by atoms with Crippen molar-refractivity contribution in [3.05, 3.63) is 70.8 Å². The first kappa shape index (κ1) is 12.9. The third-order valence-electron chi connectivity index (χ3n) is 4.42. The minimum Gasteiger partial charge on any atom is -0.0616 e. The van der Waals surface area contributed by atoms with Gasteiger partial charge in [-0.05, 0) is 71.8 Å². The Hall–Kier alpha value is -2.08. The van der Waals surface area contributed by atoms with Gasteiger partial charge in [0.2, 0.25) is 0 Å². The lowest BCUT2D eigenvalue weighted by atomic mass is 9.87. The van der Waals surface area contributed by atoms with Gasteiger partial charge in [0, 0.05) is 0 Å². The van der Waals surface area contributed by atoms with E-state index in [1.807, 2.05) is 0 Å². The second kappa shape index (κ2) is 4.79. The summed E-state index contributed by atoms with van der Waals surface area (Å²) in [5.41, 5.74) is 8.28.